The molecule has 2 heteroatoms. The van der Waals surface area contributed by atoms with Crippen LogP contribution in [-0.4, -0.2) is 30.2 Å². The average molecular weight is 115 g/mol. The van der Waals surface area contributed by atoms with E-state index in [1.165, 1.54) is 6.42 Å². The summed E-state index contributed by atoms with van der Waals surface area (Å²) in [6.45, 7) is 1.86. The molecule has 0 aliphatic carbocycles. The molecule has 2 heterocycles. The molecule has 2 fully saturated rings. The minimum atomic E-state index is -0.512. The molecule has 0 radical (unpaired) electrons. The van der Waals surface area contributed by atoms with Gasteiger partial charge in [-0.2, -0.15) is 0 Å². The van der Waals surface area contributed by atoms with Gasteiger partial charge in [0.1, 0.15) is 6.17 Å². The number of hydrogen-bond donors (Lipinski definition) is 0. The minimum Gasteiger partial charge on any atom is -0.297 e. The van der Waals surface area contributed by atoms with Gasteiger partial charge >= 0.3 is 0 Å². The van der Waals surface area contributed by atoms with E-state index in [0.717, 1.165) is 13.0 Å². The van der Waals surface area contributed by atoms with Gasteiger partial charge in [-0.1, -0.05) is 0 Å². The maximum Gasteiger partial charge on any atom is 0.114 e. The van der Waals surface area contributed by atoms with Crippen molar-refractivity contribution in [3.8, 4) is 0 Å². The summed E-state index contributed by atoms with van der Waals surface area (Å²) in [5.41, 5.74) is 0. The van der Waals surface area contributed by atoms with Crippen LogP contribution < -0.4 is 0 Å². The van der Waals surface area contributed by atoms with Crippen LogP contribution in [0.5, 0.6) is 0 Å². The number of fused-ring (bicyclic) bond motifs is 1. The Morgan fingerprint density at radius 2 is 2.38 bits per heavy atom. The summed E-state index contributed by atoms with van der Waals surface area (Å²) in [5.74, 6) is 0. The fraction of sp³-hybridized carbons (Fsp3) is 1.00. The summed E-state index contributed by atoms with van der Waals surface area (Å²) in [6, 6.07) is 0.630. The van der Waals surface area contributed by atoms with Crippen LogP contribution in [0.4, 0.5) is 4.39 Å². The molecule has 0 aromatic carbocycles. The van der Waals surface area contributed by atoms with Gasteiger partial charge in [0.15, 0.2) is 0 Å². The first-order valence-electron chi connectivity index (χ1n) is 3.24. The maximum absolute atomic E-state index is 12.4. The van der Waals surface area contributed by atoms with E-state index in [4.69, 9.17) is 0 Å². The van der Waals surface area contributed by atoms with Crippen molar-refractivity contribution in [3.05, 3.63) is 0 Å². The van der Waals surface area contributed by atoms with Crippen molar-refractivity contribution in [1.29, 1.82) is 0 Å². The third-order valence-electron chi connectivity index (χ3n) is 2.23. The predicted octanol–water partition coefficient (Wildman–Crippen LogP) is 0.802. The Kier molecular flexibility index (Phi) is 0.852. The van der Waals surface area contributed by atoms with E-state index in [0.29, 0.717) is 12.6 Å². The van der Waals surface area contributed by atoms with Crippen LogP contribution in [0.2, 0.25) is 0 Å². The Hall–Kier alpha value is -0.110. The molecule has 0 aromatic heterocycles. The summed E-state index contributed by atoms with van der Waals surface area (Å²) in [5, 5.41) is 0. The van der Waals surface area contributed by atoms with Gasteiger partial charge in [-0.05, 0) is 12.8 Å². The Balaban J connectivity index is 2.00. The van der Waals surface area contributed by atoms with Crippen LogP contribution >= 0.6 is 0 Å². The lowest BCUT2D eigenvalue weighted by molar-refractivity contribution is 0.139. The van der Waals surface area contributed by atoms with Crippen LogP contribution in [0.15, 0.2) is 0 Å². The smallest absolute Gasteiger partial charge is 0.114 e. The van der Waals surface area contributed by atoms with Crippen LogP contribution in [0.1, 0.15) is 12.8 Å². The third-order valence-corrected chi connectivity index (χ3v) is 2.23. The first-order chi connectivity index (χ1) is 3.86. The lowest BCUT2D eigenvalue weighted by Gasteiger charge is -2.33. The molecule has 0 amide bonds. The van der Waals surface area contributed by atoms with E-state index in [1.807, 2.05) is 0 Å². The number of halogens is 1. The monoisotopic (exact) mass is 115 g/mol. The van der Waals surface area contributed by atoms with Crippen molar-refractivity contribution in [2.75, 3.05) is 13.1 Å². The molecule has 0 bridgehead atoms. The van der Waals surface area contributed by atoms with E-state index >= 15 is 0 Å². The van der Waals surface area contributed by atoms with Crippen LogP contribution in [0, 0.1) is 0 Å². The summed E-state index contributed by atoms with van der Waals surface area (Å²) in [4.78, 5) is 2.23. The second kappa shape index (κ2) is 1.44. The third kappa shape index (κ3) is 0.494. The fourth-order valence-electron chi connectivity index (χ4n) is 1.63. The van der Waals surface area contributed by atoms with Gasteiger partial charge in [-0.15, -0.1) is 0 Å². The standard InChI is InChI=1S/C6H10FN/c7-5-3-6-1-2-8(6)4-5/h5-6H,1-4H2. The molecule has 2 saturated heterocycles. The molecule has 46 valence electrons. The fourth-order valence-corrected chi connectivity index (χ4v) is 1.63. The van der Waals surface area contributed by atoms with Gasteiger partial charge in [-0.25, -0.2) is 4.39 Å². The maximum atomic E-state index is 12.4. The zero-order valence-electron chi connectivity index (χ0n) is 4.81. The number of alkyl halides is 1. The Labute approximate surface area is 48.5 Å². The molecule has 0 aromatic rings. The molecule has 8 heavy (non-hydrogen) atoms. The average Bonchev–Trinajstić information content (AvgIpc) is 1.91. The summed E-state index contributed by atoms with van der Waals surface area (Å²) in [7, 11) is 0. The van der Waals surface area contributed by atoms with Gasteiger partial charge in [0.05, 0.1) is 0 Å². The van der Waals surface area contributed by atoms with Gasteiger partial charge in [0, 0.05) is 19.1 Å². The van der Waals surface area contributed by atoms with E-state index in [-0.39, 0.29) is 0 Å². The topological polar surface area (TPSA) is 3.24 Å². The van der Waals surface area contributed by atoms with Gasteiger partial charge in [0.2, 0.25) is 0 Å². The normalized spacial score (nSPS) is 46.1. The molecular weight excluding hydrogens is 105 g/mol. The largest absolute Gasteiger partial charge is 0.297 e. The summed E-state index contributed by atoms with van der Waals surface area (Å²) in [6.07, 6.45) is 1.53. The van der Waals surface area contributed by atoms with E-state index in [2.05, 4.69) is 4.90 Å². The molecule has 1 nitrogen and oxygen atoms in total. The van der Waals surface area contributed by atoms with E-state index < -0.39 is 6.17 Å². The Bertz CT molecular complexity index is 92.7. The minimum absolute atomic E-state index is 0.512. The first-order valence-corrected chi connectivity index (χ1v) is 3.24. The van der Waals surface area contributed by atoms with E-state index in [9.17, 15) is 4.39 Å². The van der Waals surface area contributed by atoms with Crippen molar-refractivity contribution < 1.29 is 4.39 Å². The zero-order chi connectivity index (χ0) is 5.56. The molecule has 2 aliphatic heterocycles. The van der Waals surface area contributed by atoms with Crippen molar-refractivity contribution in [2.45, 2.75) is 25.1 Å². The predicted molar refractivity (Wildman–Crippen MR) is 29.5 cm³/mol. The summed E-state index contributed by atoms with van der Waals surface area (Å²) >= 11 is 0. The molecule has 0 saturated carbocycles. The summed E-state index contributed by atoms with van der Waals surface area (Å²) < 4.78 is 12.4. The molecule has 2 aliphatic rings. The van der Waals surface area contributed by atoms with Crippen molar-refractivity contribution >= 4 is 0 Å². The number of nitrogens with zero attached hydrogens (tertiary/aromatic N) is 1. The van der Waals surface area contributed by atoms with Gasteiger partial charge < -0.3 is 0 Å². The number of rotatable bonds is 0. The van der Waals surface area contributed by atoms with Crippen LogP contribution in [0.3, 0.4) is 0 Å². The van der Waals surface area contributed by atoms with E-state index in [1.54, 1.807) is 0 Å². The highest BCUT2D eigenvalue weighted by molar-refractivity contribution is 4.92. The number of hydrogen-bond acceptors (Lipinski definition) is 1. The molecular formula is C6H10FN. The molecule has 0 N–H and O–H groups in total. The Morgan fingerprint density at radius 3 is 2.62 bits per heavy atom. The highest BCUT2D eigenvalue weighted by Gasteiger charge is 2.37. The van der Waals surface area contributed by atoms with Crippen molar-refractivity contribution in [3.63, 3.8) is 0 Å². The van der Waals surface area contributed by atoms with Crippen LogP contribution in [0.25, 0.3) is 0 Å². The highest BCUT2D eigenvalue weighted by atomic mass is 19.1. The zero-order valence-corrected chi connectivity index (χ0v) is 4.81. The molecule has 0 spiro atoms. The first kappa shape index (κ1) is 4.74. The van der Waals surface area contributed by atoms with Gasteiger partial charge in [0.25, 0.3) is 0 Å². The second-order valence-corrected chi connectivity index (χ2v) is 2.77. The highest BCUT2D eigenvalue weighted by Crippen LogP contribution is 2.29. The van der Waals surface area contributed by atoms with Crippen molar-refractivity contribution in [2.24, 2.45) is 0 Å². The molecule has 2 rings (SSSR count). The second-order valence-electron chi connectivity index (χ2n) is 2.77. The van der Waals surface area contributed by atoms with Crippen LogP contribution in [-0.2, 0) is 0 Å². The lowest BCUT2D eigenvalue weighted by Crippen LogP contribution is -2.42. The SMILES string of the molecule is FC1CC2CCN2C1. The van der Waals surface area contributed by atoms with Crippen molar-refractivity contribution in [1.82, 2.24) is 4.90 Å². The quantitative estimate of drug-likeness (QED) is 0.451. The Morgan fingerprint density at radius 1 is 1.50 bits per heavy atom. The lowest BCUT2D eigenvalue weighted by atomic mass is 10.1. The van der Waals surface area contributed by atoms with Gasteiger partial charge in [-0.3, -0.25) is 4.90 Å². The molecule has 2 atom stereocenters. The molecule has 2 unspecified atom stereocenters.